The first-order chi connectivity index (χ1) is 11.3. The lowest BCUT2D eigenvalue weighted by Crippen LogP contribution is -2.54. The number of hydrogen-bond acceptors (Lipinski definition) is 3. The number of piperazine rings is 1. The highest BCUT2D eigenvalue weighted by Gasteiger charge is 2.40. The summed E-state index contributed by atoms with van der Waals surface area (Å²) in [7, 11) is 0. The zero-order valence-electron chi connectivity index (χ0n) is 13.5. The van der Waals surface area contributed by atoms with Crippen LogP contribution < -0.4 is 5.32 Å². The first-order valence-corrected chi connectivity index (χ1v) is 7.88. The monoisotopic (exact) mass is 355 g/mol. The van der Waals surface area contributed by atoms with Crippen molar-refractivity contribution in [2.24, 2.45) is 5.41 Å². The molecular formula is C16H19ClFN3O3. The fourth-order valence-electron chi connectivity index (χ4n) is 2.38. The second kappa shape index (κ2) is 7.17. The smallest absolute Gasteiger partial charge is 0.239 e. The highest BCUT2D eigenvalue weighted by Crippen LogP contribution is 2.25. The fourth-order valence-corrected chi connectivity index (χ4v) is 2.56. The Balaban J connectivity index is 2.05. The Morgan fingerprint density at radius 2 is 1.88 bits per heavy atom. The molecule has 1 saturated heterocycles. The molecule has 130 valence electrons. The van der Waals surface area contributed by atoms with Gasteiger partial charge in [0.25, 0.3) is 0 Å². The molecule has 1 aliphatic rings. The lowest BCUT2D eigenvalue weighted by Gasteiger charge is -2.36. The molecule has 1 aromatic carbocycles. The average molecular weight is 356 g/mol. The van der Waals surface area contributed by atoms with Crippen molar-refractivity contribution in [2.75, 3.05) is 31.5 Å². The van der Waals surface area contributed by atoms with Crippen LogP contribution in [0.25, 0.3) is 0 Å². The molecule has 0 aliphatic carbocycles. The first kappa shape index (κ1) is 18.2. The van der Waals surface area contributed by atoms with Gasteiger partial charge in [0.1, 0.15) is 11.2 Å². The van der Waals surface area contributed by atoms with E-state index < -0.39 is 17.1 Å². The fraction of sp³-hybridized carbons (Fsp3) is 0.438. The van der Waals surface area contributed by atoms with Gasteiger partial charge >= 0.3 is 0 Å². The predicted molar refractivity (Wildman–Crippen MR) is 88.0 cm³/mol. The van der Waals surface area contributed by atoms with E-state index >= 15 is 0 Å². The number of carbonyl (C=O) groups excluding carboxylic acids is 3. The van der Waals surface area contributed by atoms with Gasteiger partial charge in [-0.15, -0.1) is 0 Å². The van der Waals surface area contributed by atoms with Gasteiger partial charge in [0.05, 0.1) is 5.02 Å². The summed E-state index contributed by atoms with van der Waals surface area (Å²) in [6, 6.07) is 3.81. The maximum atomic E-state index is 13.2. The lowest BCUT2D eigenvalue weighted by molar-refractivity contribution is -0.148. The zero-order valence-corrected chi connectivity index (χ0v) is 14.3. The van der Waals surface area contributed by atoms with Crippen LogP contribution in [0.15, 0.2) is 18.2 Å². The number of carbonyl (C=O) groups is 3. The van der Waals surface area contributed by atoms with Gasteiger partial charge in [-0.25, -0.2) is 4.39 Å². The summed E-state index contributed by atoms with van der Waals surface area (Å²) in [5, 5.41) is 2.48. The normalized spacial score (nSPS) is 15.2. The molecule has 1 N–H and O–H groups in total. The Bertz CT molecular complexity index is 658. The van der Waals surface area contributed by atoms with E-state index in [4.69, 9.17) is 11.6 Å². The zero-order chi connectivity index (χ0) is 17.9. The van der Waals surface area contributed by atoms with Crippen LogP contribution in [-0.2, 0) is 14.4 Å². The number of hydrogen-bond donors (Lipinski definition) is 1. The Morgan fingerprint density at radius 1 is 1.25 bits per heavy atom. The SMILES string of the molecule is CC(C)(C(=O)Nc1ccc(F)c(Cl)c1)C(=O)N1CCN(C=O)CC1. The second-order valence-corrected chi connectivity index (χ2v) is 6.55. The molecule has 1 fully saturated rings. The quantitative estimate of drug-likeness (QED) is 0.660. The molecule has 3 amide bonds. The summed E-state index contributed by atoms with van der Waals surface area (Å²) in [6.07, 6.45) is 0.748. The number of amides is 3. The van der Waals surface area contributed by atoms with Crippen molar-refractivity contribution < 1.29 is 18.8 Å². The second-order valence-electron chi connectivity index (χ2n) is 6.14. The first-order valence-electron chi connectivity index (χ1n) is 7.51. The molecule has 6 nitrogen and oxygen atoms in total. The average Bonchev–Trinajstić information content (AvgIpc) is 2.57. The van der Waals surface area contributed by atoms with Crippen molar-refractivity contribution in [3.8, 4) is 0 Å². The van der Waals surface area contributed by atoms with E-state index in [1.807, 2.05) is 0 Å². The van der Waals surface area contributed by atoms with E-state index in [9.17, 15) is 18.8 Å². The third-order valence-electron chi connectivity index (χ3n) is 4.03. The van der Waals surface area contributed by atoms with Gasteiger partial charge in [-0.3, -0.25) is 14.4 Å². The molecule has 0 spiro atoms. The molecule has 24 heavy (non-hydrogen) atoms. The van der Waals surface area contributed by atoms with Gasteiger partial charge in [-0.2, -0.15) is 0 Å². The molecule has 0 atom stereocenters. The Morgan fingerprint density at radius 3 is 2.42 bits per heavy atom. The molecule has 0 saturated carbocycles. The van der Waals surface area contributed by atoms with Crippen molar-refractivity contribution in [2.45, 2.75) is 13.8 Å². The van der Waals surface area contributed by atoms with Crippen LogP contribution >= 0.6 is 11.6 Å². The maximum Gasteiger partial charge on any atom is 0.239 e. The van der Waals surface area contributed by atoms with Crippen LogP contribution in [0.1, 0.15) is 13.8 Å². The Labute approximate surface area is 144 Å². The molecule has 1 aliphatic heterocycles. The van der Waals surface area contributed by atoms with Crippen LogP contribution in [-0.4, -0.2) is 54.2 Å². The maximum absolute atomic E-state index is 13.2. The molecule has 8 heteroatoms. The van der Waals surface area contributed by atoms with Crippen LogP contribution in [0.4, 0.5) is 10.1 Å². The van der Waals surface area contributed by atoms with Crippen molar-refractivity contribution in [1.29, 1.82) is 0 Å². The minimum Gasteiger partial charge on any atom is -0.342 e. The number of benzene rings is 1. The van der Waals surface area contributed by atoms with E-state index in [1.165, 1.54) is 26.0 Å². The van der Waals surface area contributed by atoms with Crippen LogP contribution in [0, 0.1) is 11.2 Å². The van der Waals surface area contributed by atoms with Gasteiger partial charge in [0.2, 0.25) is 18.2 Å². The Hall–Kier alpha value is -2.15. The molecule has 0 bridgehead atoms. The van der Waals surface area contributed by atoms with Crippen LogP contribution in [0.2, 0.25) is 5.02 Å². The molecule has 1 aromatic rings. The van der Waals surface area contributed by atoms with Crippen molar-refractivity contribution in [1.82, 2.24) is 9.80 Å². The van der Waals surface area contributed by atoms with Gasteiger partial charge in [0, 0.05) is 31.9 Å². The predicted octanol–water partition coefficient (Wildman–Crippen LogP) is 1.74. The van der Waals surface area contributed by atoms with E-state index in [0.717, 1.165) is 12.5 Å². The summed E-state index contributed by atoms with van der Waals surface area (Å²) >= 11 is 5.69. The van der Waals surface area contributed by atoms with Crippen LogP contribution in [0.5, 0.6) is 0 Å². The van der Waals surface area contributed by atoms with Gasteiger partial charge < -0.3 is 15.1 Å². The Kier molecular flexibility index (Phi) is 5.43. The van der Waals surface area contributed by atoms with E-state index in [1.54, 1.807) is 9.80 Å². The summed E-state index contributed by atoms with van der Waals surface area (Å²) in [6.45, 7) is 4.72. The number of anilines is 1. The third-order valence-corrected chi connectivity index (χ3v) is 4.32. The van der Waals surface area contributed by atoms with E-state index in [0.29, 0.717) is 31.9 Å². The van der Waals surface area contributed by atoms with Crippen molar-refractivity contribution in [3.05, 3.63) is 29.0 Å². The minimum atomic E-state index is -1.30. The minimum absolute atomic E-state index is 0.109. The summed E-state index contributed by atoms with van der Waals surface area (Å²) in [5.74, 6) is -1.41. The molecule has 0 unspecified atom stereocenters. The van der Waals surface area contributed by atoms with E-state index in [-0.39, 0.29) is 10.9 Å². The standard InChI is InChI=1S/C16H19ClFN3O3/c1-16(2,15(24)21-7-5-20(10-22)6-8-21)14(23)19-11-3-4-13(18)12(17)9-11/h3-4,9-10H,5-8H2,1-2H3,(H,19,23). The molecule has 0 radical (unpaired) electrons. The largest absolute Gasteiger partial charge is 0.342 e. The van der Waals surface area contributed by atoms with Crippen LogP contribution in [0.3, 0.4) is 0 Å². The summed E-state index contributed by atoms with van der Waals surface area (Å²) in [4.78, 5) is 39.0. The van der Waals surface area contributed by atoms with Gasteiger partial charge in [-0.1, -0.05) is 11.6 Å². The molecular weight excluding hydrogens is 337 g/mol. The summed E-state index contributed by atoms with van der Waals surface area (Å²) in [5.41, 5.74) is -0.984. The molecule has 1 heterocycles. The number of halogens is 2. The third kappa shape index (κ3) is 3.84. The topological polar surface area (TPSA) is 69.7 Å². The molecule has 2 rings (SSSR count). The molecule has 0 aromatic heterocycles. The number of nitrogens with one attached hydrogen (secondary N) is 1. The highest BCUT2D eigenvalue weighted by atomic mass is 35.5. The number of nitrogens with zero attached hydrogens (tertiary/aromatic N) is 2. The van der Waals surface area contributed by atoms with Gasteiger partial charge in [0.15, 0.2) is 0 Å². The number of rotatable bonds is 4. The van der Waals surface area contributed by atoms with E-state index in [2.05, 4.69) is 5.32 Å². The van der Waals surface area contributed by atoms with Crippen molar-refractivity contribution >= 4 is 35.5 Å². The lowest BCUT2D eigenvalue weighted by atomic mass is 9.89. The van der Waals surface area contributed by atoms with Crippen molar-refractivity contribution in [3.63, 3.8) is 0 Å². The van der Waals surface area contributed by atoms with Gasteiger partial charge in [-0.05, 0) is 32.0 Å². The summed E-state index contributed by atoms with van der Waals surface area (Å²) < 4.78 is 13.2. The highest BCUT2D eigenvalue weighted by molar-refractivity contribution is 6.31.